The Balaban J connectivity index is 2.46. The number of aliphatic hydroxyl groups excluding tert-OH is 2. The summed E-state index contributed by atoms with van der Waals surface area (Å²) in [6, 6.07) is 0. The molecule has 0 bridgehead atoms. The Morgan fingerprint density at radius 1 is 1.60 bits per heavy atom. The monoisotopic (exact) mass is 142 g/mol. The molecular weight excluding hydrogens is 132 g/mol. The highest BCUT2D eigenvalue weighted by atomic mass is 16.3. The van der Waals surface area contributed by atoms with Crippen molar-refractivity contribution in [2.45, 2.75) is 6.10 Å². The molecule has 4 nitrogen and oxygen atoms in total. The van der Waals surface area contributed by atoms with Gasteiger partial charge in [-0.3, -0.25) is 0 Å². The molecule has 1 rings (SSSR count). The topological polar surface area (TPSA) is 67.5 Å². The Morgan fingerprint density at radius 3 is 2.60 bits per heavy atom. The van der Waals surface area contributed by atoms with Crippen molar-refractivity contribution in [2.75, 3.05) is 19.7 Å². The second-order valence-corrected chi connectivity index (χ2v) is 2.51. The van der Waals surface area contributed by atoms with Gasteiger partial charge in [-0.15, -0.1) is 0 Å². The summed E-state index contributed by atoms with van der Waals surface area (Å²) in [7, 11) is 0. The van der Waals surface area contributed by atoms with Crippen LogP contribution in [0.2, 0.25) is 0 Å². The van der Waals surface area contributed by atoms with E-state index in [2.05, 4.69) is 0 Å². The fraction of sp³-hybridized carbons (Fsp3) is 0.833. The standard InChI is InChI=1S/C6H10N2O2/c7-4-8-1-5(3-9)6(10)2-8/h5-6,9-10H,1-3H2. The van der Waals surface area contributed by atoms with Crippen molar-refractivity contribution in [1.29, 1.82) is 5.26 Å². The van der Waals surface area contributed by atoms with Crippen LogP contribution >= 0.6 is 0 Å². The van der Waals surface area contributed by atoms with Gasteiger partial charge < -0.3 is 15.1 Å². The maximum Gasteiger partial charge on any atom is 0.179 e. The Labute approximate surface area is 59.3 Å². The summed E-state index contributed by atoms with van der Waals surface area (Å²) in [5.41, 5.74) is 0. The lowest BCUT2D eigenvalue weighted by Gasteiger charge is -2.06. The number of likely N-dealkylation sites (tertiary alicyclic amines) is 1. The number of aliphatic hydroxyl groups is 2. The zero-order valence-corrected chi connectivity index (χ0v) is 5.56. The van der Waals surface area contributed by atoms with E-state index < -0.39 is 6.10 Å². The molecule has 4 heteroatoms. The normalized spacial score (nSPS) is 32.3. The lowest BCUT2D eigenvalue weighted by atomic mass is 10.1. The van der Waals surface area contributed by atoms with Crippen LogP contribution in [0.5, 0.6) is 0 Å². The molecule has 10 heavy (non-hydrogen) atoms. The molecule has 0 aromatic rings. The first-order valence-corrected chi connectivity index (χ1v) is 3.21. The van der Waals surface area contributed by atoms with E-state index in [0.717, 1.165) is 0 Å². The van der Waals surface area contributed by atoms with E-state index >= 15 is 0 Å². The van der Waals surface area contributed by atoms with Crippen LogP contribution in [0.1, 0.15) is 0 Å². The largest absolute Gasteiger partial charge is 0.396 e. The van der Waals surface area contributed by atoms with Crippen LogP contribution in [0.25, 0.3) is 0 Å². The Kier molecular flexibility index (Phi) is 2.10. The zero-order valence-electron chi connectivity index (χ0n) is 5.56. The van der Waals surface area contributed by atoms with Gasteiger partial charge in [0.15, 0.2) is 6.19 Å². The highest BCUT2D eigenvalue weighted by Crippen LogP contribution is 2.14. The molecule has 2 unspecified atom stereocenters. The molecule has 1 saturated heterocycles. The molecule has 2 N–H and O–H groups in total. The van der Waals surface area contributed by atoms with E-state index in [9.17, 15) is 0 Å². The van der Waals surface area contributed by atoms with E-state index in [4.69, 9.17) is 15.5 Å². The van der Waals surface area contributed by atoms with Crippen LogP contribution in [0, 0.1) is 17.4 Å². The van der Waals surface area contributed by atoms with Gasteiger partial charge in [-0.2, -0.15) is 5.26 Å². The number of nitriles is 1. The predicted molar refractivity (Wildman–Crippen MR) is 33.8 cm³/mol. The maximum absolute atomic E-state index is 9.14. The highest BCUT2D eigenvalue weighted by Gasteiger charge is 2.29. The van der Waals surface area contributed by atoms with Gasteiger partial charge >= 0.3 is 0 Å². The molecule has 0 saturated carbocycles. The maximum atomic E-state index is 9.14. The molecule has 0 radical (unpaired) electrons. The number of hydrogen-bond acceptors (Lipinski definition) is 4. The first-order chi connectivity index (χ1) is 4.77. The van der Waals surface area contributed by atoms with Gasteiger partial charge in [0, 0.05) is 12.5 Å². The van der Waals surface area contributed by atoms with E-state index in [1.165, 1.54) is 4.90 Å². The van der Waals surface area contributed by atoms with Gasteiger partial charge in [0.2, 0.25) is 0 Å². The molecule has 2 atom stereocenters. The molecule has 0 amide bonds. The molecule has 1 heterocycles. The van der Waals surface area contributed by atoms with E-state index in [0.29, 0.717) is 13.1 Å². The third-order valence-corrected chi connectivity index (χ3v) is 1.78. The average molecular weight is 142 g/mol. The van der Waals surface area contributed by atoms with Gasteiger partial charge in [0.25, 0.3) is 0 Å². The summed E-state index contributed by atoms with van der Waals surface area (Å²) in [6.07, 6.45) is 1.38. The first kappa shape index (κ1) is 7.32. The van der Waals surface area contributed by atoms with Crippen LogP contribution in [-0.2, 0) is 0 Å². The lowest BCUT2D eigenvalue weighted by molar-refractivity contribution is 0.103. The molecular formula is C6H10N2O2. The average Bonchev–Trinajstić information content (AvgIpc) is 2.30. The molecule has 56 valence electrons. The third-order valence-electron chi connectivity index (χ3n) is 1.78. The second-order valence-electron chi connectivity index (χ2n) is 2.51. The van der Waals surface area contributed by atoms with Gasteiger partial charge in [-0.05, 0) is 0 Å². The summed E-state index contributed by atoms with van der Waals surface area (Å²) in [5.74, 6) is -0.139. The Morgan fingerprint density at radius 2 is 2.30 bits per heavy atom. The number of β-amino-alcohol motifs (C(OH)–C–C–N with tert-alkyl or cyclic N) is 1. The SMILES string of the molecule is N#CN1CC(O)C(CO)C1. The molecule has 0 aromatic heterocycles. The summed E-state index contributed by atoms with van der Waals surface area (Å²) in [4.78, 5) is 1.45. The summed E-state index contributed by atoms with van der Waals surface area (Å²) >= 11 is 0. The minimum absolute atomic E-state index is 0.0423. The Hall–Kier alpha value is -0.790. The van der Waals surface area contributed by atoms with Crippen molar-refractivity contribution >= 4 is 0 Å². The second kappa shape index (κ2) is 2.86. The van der Waals surface area contributed by atoms with Gasteiger partial charge in [0.05, 0.1) is 19.3 Å². The lowest BCUT2D eigenvalue weighted by Crippen LogP contribution is -2.20. The van der Waals surface area contributed by atoms with Crippen molar-refractivity contribution in [2.24, 2.45) is 5.92 Å². The van der Waals surface area contributed by atoms with Crippen molar-refractivity contribution < 1.29 is 10.2 Å². The van der Waals surface area contributed by atoms with Crippen LogP contribution in [0.15, 0.2) is 0 Å². The van der Waals surface area contributed by atoms with Crippen molar-refractivity contribution in [3.8, 4) is 6.19 Å². The quantitative estimate of drug-likeness (QED) is 0.449. The summed E-state index contributed by atoms with van der Waals surface area (Å²) < 4.78 is 0. The fourth-order valence-electron chi connectivity index (χ4n) is 1.12. The van der Waals surface area contributed by atoms with Gasteiger partial charge in [-0.1, -0.05) is 0 Å². The van der Waals surface area contributed by atoms with Gasteiger partial charge in [-0.25, -0.2) is 0 Å². The smallest absolute Gasteiger partial charge is 0.179 e. The van der Waals surface area contributed by atoms with Gasteiger partial charge in [0.1, 0.15) is 0 Å². The highest BCUT2D eigenvalue weighted by molar-refractivity contribution is 4.89. The molecule has 0 spiro atoms. The molecule has 1 fully saturated rings. The fourth-order valence-corrected chi connectivity index (χ4v) is 1.12. The minimum atomic E-state index is -0.537. The van der Waals surface area contributed by atoms with Crippen LogP contribution in [-0.4, -0.2) is 40.9 Å². The number of rotatable bonds is 1. The molecule has 1 aliphatic heterocycles. The van der Waals surface area contributed by atoms with E-state index in [1.54, 1.807) is 0 Å². The van der Waals surface area contributed by atoms with Crippen molar-refractivity contribution in [1.82, 2.24) is 4.90 Å². The number of hydrogen-bond donors (Lipinski definition) is 2. The minimum Gasteiger partial charge on any atom is -0.396 e. The van der Waals surface area contributed by atoms with Crippen molar-refractivity contribution in [3.63, 3.8) is 0 Å². The molecule has 1 aliphatic rings. The first-order valence-electron chi connectivity index (χ1n) is 3.21. The number of nitrogens with zero attached hydrogens (tertiary/aromatic N) is 2. The summed E-state index contributed by atoms with van der Waals surface area (Å²) in [5, 5.41) is 26.2. The summed E-state index contributed by atoms with van der Waals surface area (Å²) in [6.45, 7) is 0.801. The van der Waals surface area contributed by atoms with E-state index in [-0.39, 0.29) is 12.5 Å². The van der Waals surface area contributed by atoms with Crippen LogP contribution < -0.4 is 0 Å². The molecule has 0 aromatic carbocycles. The van der Waals surface area contributed by atoms with Crippen LogP contribution in [0.4, 0.5) is 0 Å². The molecule has 0 aliphatic carbocycles. The van der Waals surface area contributed by atoms with Crippen molar-refractivity contribution in [3.05, 3.63) is 0 Å². The van der Waals surface area contributed by atoms with E-state index in [1.807, 2.05) is 6.19 Å². The zero-order chi connectivity index (χ0) is 7.56. The third kappa shape index (κ3) is 1.20. The predicted octanol–water partition coefficient (Wildman–Crippen LogP) is -1.25. The van der Waals surface area contributed by atoms with Crippen LogP contribution in [0.3, 0.4) is 0 Å². The Bertz CT molecular complexity index is 154.